The topological polar surface area (TPSA) is 76.5 Å². The average molecular weight is 367 g/mol. The number of nitrogens with zero attached hydrogens (tertiary/aromatic N) is 5. The predicted octanol–water partition coefficient (Wildman–Crippen LogP) is 3.48. The molecular weight excluding hydrogens is 356 g/mol. The highest BCUT2D eigenvalue weighted by Gasteiger charge is 2.31. The van der Waals surface area contributed by atoms with E-state index in [9.17, 15) is 13.6 Å². The monoisotopic (exact) mass is 367 g/mol. The number of pyridine rings is 1. The van der Waals surface area contributed by atoms with E-state index in [4.69, 9.17) is 4.42 Å². The van der Waals surface area contributed by atoms with Gasteiger partial charge in [-0.25, -0.2) is 4.98 Å². The molecule has 0 fully saturated rings. The minimum absolute atomic E-state index is 0.0466. The molecule has 0 spiro atoms. The standard InChI is InChI=1S/C18H11F2N5O2/c19-14(20)17-23-22-16(27-17)10-3-4-11-9-25(18(26)12(11)8-10)13-2-1-6-24-7-5-21-15(13)24/h1-8,14H,9H2. The first-order valence-corrected chi connectivity index (χ1v) is 8.10. The van der Waals surface area contributed by atoms with Gasteiger partial charge in [-0.2, -0.15) is 8.78 Å². The summed E-state index contributed by atoms with van der Waals surface area (Å²) in [5.74, 6) is -0.990. The summed E-state index contributed by atoms with van der Waals surface area (Å²) in [6.45, 7) is 0.396. The number of aromatic nitrogens is 4. The highest BCUT2D eigenvalue weighted by atomic mass is 19.3. The Balaban J connectivity index is 1.53. The van der Waals surface area contributed by atoms with E-state index in [2.05, 4.69) is 15.2 Å². The summed E-state index contributed by atoms with van der Waals surface area (Å²) in [6.07, 6.45) is 2.49. The minimum Gasteiger partial charge on any atom is -0.415 e. The molecule has 4 heterocycles. The van der Waals surface area contributed by atoms with Crippen LogP contribution < -0.4 is 4.90 Å². The molecule has 1 aliphatic rings. The quantitative estimate of drug-likeness (QED) is 0.554. The molecule has 0 saturated heterocycles. The van der Waals surface area contributed by atoms with Crippen LogP contribution in [-0.2, 0) is 6.54 Å². The van der Waals surface area contributed by atoms with Crippen molar-refractivity contribution in [3.05, 3.63) is 65.9 Å². The first-order chi connectivity index (χ1) is 13.1. The highest BCUT2D eigenvalue weighted by molar-refractivity contribution is 6.12. The Morgan fingerprint density at radius 2 is 2.04 bits per heavy atom. The van der Waals surface area contributed by atoms with E-state index in [1.165, 1.54) is 0 Å². The third kappa shape index (κ3) is 2.39. The summed E-state index contributed by atoms with van der Waals surface area (Å²) in [7, 11) is 0. The molecule has 1 aliphatic heterocycles. The first-order valence-electron chi connectivity index (χ1n) is 8.10. The Hall–Kier alpha value is -3.62. The maximum Gasteiger partial charge on any atom is 0.314 e. The van der Waals surface area contributed by atoms with Crippen molar-refractivity contribution in [1.29, 1.82) is 0 Å². The molecule has 4 aromatic rings. The van der Waals surface area contributed by atoms with Gasteiger partial charge in [0, 0.05) is 29.7 Å². The summed E-state index contributed by atoms with van der Waals surface area (Å²) >= 11 is 0. The van der Waals surface area contributed by atoms with Gasteiger partial charge in [-0.15, -0.1) is 10.2 Å². The third-order valence-corrected chi connectivity index (χ3v) is 4.48. The van der Waals surface area contributed by atoms with Crippen molar-refractivity contribution >= 4 is 17.2 Å². The first kappa shape index (κ1) is 15.6. The van der Waals surface area contributed by atoms with Crippen LogP contribution in [0.2, 0.25) is 0 Å². The molecule has 1 amide bonds. The zero-order valence-corrected chi connectivity index (χ0v) is 13.7. The fourth-order valence-corrected chi connectivity index (χ4v) is 3.21. The molecule has 0 N–H and O–H groups in total. The molecule has 0 radical (unpaired) electrons. The van der Waals surface area contributed by atoms with Crippen LogP contribution in [0, 0.1) is 0 Å². The molecule has 0 saturated carbocycles. The Morgan fingerprint density at radius 1 is 1.15 bits per heavy atom. The lowest BCUT2D eigenvalue weighted by Gasteiger charge is -2.16. The summed E-state index contributed by atoms with van der Waals surface area (Å²) in [5, 5.41) is 6.96. The van der Waals surface area contributed by atoms with Gasteiger partial charge in [0.1, 0.15) is 0 Å². The smallest absolute Gasteiger partial charge is 0.314 e. The number of benzene rings is 1. The zero-order chi connectivity index (χ0) is 18.5. The summed E-state index contributed by atoms with van der Waals surface area (Å²) < 4.78 is 32.1. The normalized spacial score (nSPS) is 13.7. The van der Waals surface area contributed by atoms with E-state index in [0.717, 1.165) is 5.56 Å². The number of hydrogen-bond donors (Lipinski definition) is 0. The Kier molecular flexibility index (Phi) is 3.30. The second-order valence-corrected chi connectivity index (χ2v) is 6.06. The van der Waals surface area contributed by atoms with Crippen LogP contribution in [-0.4, -0.2) is 25.5 Å². The third-order valence-electron chi connectivity index (χ3n) is 4.48. The number of imidazole rings is 1. The SMILES string of the molecule is O=C1c2cc(-c3nnc(C(F)F)o3)ccc2CN1c1cccn2ccnc12. The van der Waals surface area contributed by atoms with E-state index in [1.54, 1.807) is 35.5 Å². The van der Waals surface area contributed by atoms with Crippen LogP contribution in [0.15, 0.2) is 53.3 Å². The van der Waals surface area contributed by atoms with Gasteiger partial charge in [0.05, 0.1) is 12.2 Å². The van der Waals surface area contributed by atoms with Gasteiger partial charge in [-0.05, 0) is 29.8 Å². The van der Waals surface area contributed by atoms with Crippen molar-refractivity contribution in [2.75, 3.05) is 4.90 Å². The van der Waals surface area contributed by atoms with Crippen LogP contribution in [0.4, 0.5) is 14.5 Å². The van der Waals surface area contributed by atoms with Crippen LogP contribution in [0.5, 0.6) is 0 Å². The van der Waals surface area contributed by atoms with Gasteiger partial charge >= 0.3 is 6.43 Å². The summed E-state index contributed by atoms with van der Waals surface area (Å²) in [5.41, 5.74) is 3.09. The predicted molar refractivity (Wildman–Crippen MR) is 90.4 cm³/mol. The minimum atomic E-state index is -2.84. The van der Waals surface area contributed by atoms with Gasteiger partial charge in [0.25, 0.3) is 11.8 Å². The van der Waals surface area contributed by atoms with Crippen molar-refractivity contribution in [2.45, 2.75) is 13.0 Å². The fraction of sp³-hybridized carbons (Fsp3) is 0.111. The maximum absolute atomic E-state index is 13.0. The van der Waals surface area contributed by atoms with Crippen molar-refractivity contribution in [3.63, 3.8) is 0 Å². The number of anilines is 1. The molecule has 27 heavy (non-hydrogen) atoms. The van der Waals surface area contributed by atoms with E-state index in [1.807, 2.05) is 22.7 Å². The molecule has 1 aromatic carbocycles. The molecule has 3 aromatic heterocycles. The van der Waals surface area contributed by atoms with E-state index in [-0.39, 0.29) is 11.8 Å². The molecule has 0 atom stereocenters. The number of fused-ring (bicyclic) bond motifs is 2. The highest BCUT2D eigenvalue weighted by Crippen LogP contribution is 2.33. The Morgan fingerprint density at radius 3 is 2.85 bits per heavy atom. The van der Waals surface area contributed by atoms with Gasteiger partial charge in [0.15, 0.2) is 5.65 Å². The molecule has 5 rings (SSSR count). The van der Waals surface area contributed by atoms with Gasteiger partial charge in [-0.3, -0.25) is 4.79 Å². The zero-order valence-electron chi connectivity index (χ0n) is 13.7. The molecule has 7 nitrogen and oxygen atoms in total. The Bertz CT molecular complexity index is 1180. The fourth-order valence-electron chi connectivity index (χ4n) is 3.21. The molecule has 0 aliphatic carbocycles. The summed E-state index contributed by atoms with van der Waals surface area (Å²) in [6, 6.07) is 8.71. The number of rotatable bonds is 3. The number of halogens is 2. The van der Waals surface area contributed by atoms with Crippen molar-refractivity contribution in [3.8, 4) is 11.5 Å². The van der Waals surface area contributed by atoms with Crippen molar-refractivity contribution < 1.29 is 18.0 Å². The lowest BCUT2D eigenvalue weighted by Crippen LogP contribution is -2.23. The molecule has 9 heteroatoms. The lowest BCUT2D eigenvalue weighted by molar-refractivity contribution is 0.0996. The number of amides is 1. The van der Waals surface area contributed by atoms with E-state index in [0.29, 0.717) is 29.0 Å². The van der Waals surface area contributed by atoms with Crippen LogP contribution in [0.25, 0.3) is 17.1 Å². The van der Waals surface area contributed by atoms with Crippen LogP contribution in [0.1, 0.15) is 28.2 Å². The number of carbonyl (C=O) groups excluding carboxylic acids is 1. The maximum atomic E-state index is 13.0. The number of carbonyl (C=O) groups is 1. The second kappa shape index (κ2) is 5.70. The molecule has 0 unspecified atom stereocenters. The number of alkyl halides is 2. The lowest BCUT2D eigenvalue weighted by atomic mass is 10.1. The average Bonchev–Trinajstić information content (AvgIpc) is 3.40. The second-order valence-electron chi connectivity index (χ2n) is 6.06. The largest absolute Gasteiger partial charge is 0.415 e. The van der Waals surface area contributed by atoms with E-state index < -0.39 is 12.3 Å². The Labute approximate surface area is 150 Å². The van der Waals surface area contributed by atoms with Gasteiger partial charge < -0.3 is 13.7 Å². The molecule has 134 valence electrons. The van der Waals surface area contributed by atoms with Gasteiger partial charge in [0.2, 0.25) is 5.89 Å². The van der Waals surface area contributed by atoms with Gasteiger partial charge in [-0.1, -0.05) is 6.07 Å². The van der Waals surface area contributed by atoms with E-state index >= 15 is 0 Å². The summed E-state index contributed by atoms with van der Waals surface area (Å²) in [4.78, 5) is 18.9. The van der Waals surface area contributed by atoms with Crippen LogP contribution >= 0.6 is 0 Å². The molecular formula is C18H11F2N5O2. The van der Waals surface area contributed by atoms with Crippen molar-refractivity contribution in [2.24, 2.45) is 0 Å². The van der Waals surface area contributed by atoms with Crippen molar-refractivity contribution in [1.82, 2.24) is 19.6 Å². The number of hydrogen-bond acceptors (Lipinski definition) is 5. The molecule has 0 bridgehead atoms. The van der Waals surface area contributed by atoms with Crippen LogP contribution in [0.3, 0.4) is 0 Å².